The molecule has 0 atom stereocenters. The lowest BCUT2D eigenvalue weighted by atomic mass is 10.1. The fourth-order valence-electron chi connectivity index (χ4n) is 1.34. The van der Waals surface area contributed by atoms with Crippen molar-refractivity contribution in [1.82, 2.24) is 0 Å². The van der Waals surface area contributed by atoms with E-state index in [0.29, 0.717) is 5.92 Å². The molecule has 0 bridgehead atoms. The molecule has 0 fully saturated rings. The van der Waals surface area contributed by atoms with E-state index in [4.69, 9.17) is 9.47 Å². The highest BCUT2D eigenvalue weighted by atomic mass is 16.5. The Balaban J connectivity index is 3.09. The van der Waals surface area contributed by atoms with Gasteiger partial charge in [-0.15, -0.1) is 0 Å². The van der Waals surface area contributed by atoms with Crippen LogP contribution in [0, 0.1) is 12.8 Å². The molecule has 0 aliphatic carbocycles. The van der Waals surface area contributed by atoms with Crippen LogP contribution in [-0.2, 0) is 9.47 Å². The van der Waals surface area contributed by atoms with Crippen LogP contribution in [0.15, 0.2) is 0 Å². The third-order valence-corrected chi connectivity index (χ3v) is 2.63. The number of hydrogen-bond acceptors (Lipinski definition) is 2. The van der Waals surface area contributed by atoms with Crippen LogP contribution in [-0.4, -0.2) is 26.4 Å². The molecule has 0 saturated carbocycles. The summed E-state index contributed by atoms with van der Waals surface area (Å²) in [6.45, 7) is 12.0. The van der Waals surface area contributed by atoms with Gasteiger partial charge in [0.2, 0.25) is 0 Å². The molecule has 2 heteroatoms. The first kappa shape index (κ1) is 15.9. The Morgan fingerprint density at radius 1 is 0.812 bits per heavy atom. The van der Waals surface area contributed by atoms with Gasteiger partial charge in [0.15, 0.2) is 0 Å². The van der Waals surface area contributed by atoms with Crippen molar-refractivity contribution in [3.8, 4) is 0 Å². The molecule has 0 N–H and O–H groups in total. The average molecular weight is 229 g/mol. The molecule has 1 radical (unpaired) electrons. The van der Waals surface area contributed by atoms with E-state index in [1.54, 1.807) is 0 Å². The van der Waals surface area contributed by atoms with Gasteiger partial charge >= 0.3 is 0 Å². The molecule has 0 aromatic heterocycles. The number of hydrogen-bond donors (Lipinski definition) is 0. The van der Waals surface area contributed by atoms with Crippen molar-refractivity contribution in [2.75, 3.05) is 26.4 Å². The second-order valence-corrected chi connectivity index (χ2v) is 4.38. The summed E-state index contributed by atoms with van der Waals surface area (Å²) in [5.74, 6) is 0.475. The molecule has 0 rings (SSSR count). The van der Waals surface area contributed by atoms with Crippen molar-refractivity contribution < 1.29 is 9.47 Å². The maximum absolute atomic E-state index is 5.51. The van der Waals surface area contributed by atoms with Crippen molar-refractivity contribution in [2.24, 2.45) is 5.92 Å². The molecular weight excluding hydrogens is 200 g/mol. The van der Waals surface area contributed by atoms with E-state index in [1.165, 1.54) is 25.7 Å². The van der Waals surface area contributed by atoms with Crippen molar-refractivity contribution in [3.05, 3.63) is 6.92 Å². The second kappa shape index (κ2) is 13.0. The summed E-state index contributed by atoms with van der Waals surface area (Å²) < 4.78 is 11.0. The maximum Gasteiger partial charge on any atom is 0.0468 e. The molecule has 0 saturated heterocycles. The van der Waals surface area contributed by atoms with Crippen LogP contribution in [0.1, 0.15) is 52.4 Å². The van der Waals surface area contributed by atoms with Gasteiger partial charge < -0.3 is 9.47 Å². The molecule has 0 amide bonds. The van der Waals surface area contributed by atoms with Crippen LogP contribution < -0.4 is 0 Å². The molecule has 97 valence electrons. The zero-order valence-electron chi connectivity index (χ0n) is 11.2. The molecule has 0 aliphatic rings. The molecule has 0 heterocycles. The summed E-state index contributed by atoms with van der Waals surface area (Å²) in [6.07, 6.45) is 6.86. The van der Waals surface area contributed by atoms with Gasteiger partial charge in [-0.25, -0.2) is 0 Å². The van der Waals surface area contributed by atoms with Crippen LogP contribution in [0.3, 0.4) is 0 Å². The summed E-state index contributed by atoms with van der Waals surface area (Å²) >= 11 is 0. The topological polar surface area (TPSA) is 18.5 Å². The van der Waals surface area contributed by atoms with Gasteiger partial charge in [0.05, 0.1) is 0 Å². The summed E-state index contributed by atoms with van der Waals surface area (Å²) in [7, 11) is 0. The average Bonchev–Trinajstić information content (AvgIpc) is 2.28. The molecule has 0 unspecified atom stereocenters. The quantitative estimate of drug-likeness (QED) is 0.473. The zero-order valence-corrected chi connectivity index (χ0v) is 11.2. The first-order valence-corrected chi connectivity index (χ1v) is 6.79. The summed E-state index contributed by atoms with van der Waals surface area (Å²) in [5.41, 5.74) is 0. The van der Waals surface area contributed by atoms with Crippen LogP contribution in [0.4, 0.5) is 0 Å². The smallest absolute Gasteiger partial charge is 0.0468 e. The highest BCUT2D eigenvalue weighted by Crippen LogP contribution is 2.07. The lowest BCUT2D eigenvalue weighted by molar-refractivity contribution is 0.101. The Morgan fingerprint density at radius 3 is 1.62 bits per heavy atom. The minimum atomic E-state index is 0.475. The van der Waals surface area contributed by atoms with Gasteiger partial charge in [-0.1, -0.05) is 33.6 Å². The van der Waals surface area contributed by atoms with Crippen molar-refractivity contribution >= 4 is 0 Å². The van der Waals surface area contributed by atoms with E-state index in [2.05, 4.69) is 20.8 Å². The molecule has 0 aromatic rings. The molecule has 0 aromatic carbocycles. The number of ether oxygens (including phenoxy) is 2. The van der Waals surface area contributed by atoms with E-state index in [9.17, 15) is 0 Å². The van der Waals surface area contributed by atoms with Gasteiger partial charge in [0, 0.05) is 26.4 Å². The van der Waals surface area contributed by atoms with Gasteiger partial charge in [-0.2, -0.15) is 0 Å². The third-order valence-electron chi connectivity index (χ3n) is 2.63. The SMILES string of the molecule is [CH2]C(CCOCCCC)CCOCCCC. The maximum atomic E-state index is 5.51. The lowest BCUT2D eigenvalue weighted by Gasteiger charge is -2.11. The van der Waals surface area contributed by atoms with Crippen molar-refractivity contribution in [1.29, 1.82) is 0 Å². The van der Waals surface area contributed by atoms with Gasteiger partial charge in [0.25, 0.3) is 0 Å². The highest BCUT2D eigenvalue weighted by molar-refractivity contribution is 4.60. The molecule has 2 nitrogen and oxygen atoms in total. The van der Waals surface area contributed by atoms with Gasteiger partial charge in [-0.3, -0.25) is 0 Å². The Bertz CT molecular complexity index is 112. The monoisotopic (exact) mass is 229 g/mol. The Kier molecular flexibility index (Phi) is 12.9. The van der Waals surface area contributed by atoms with Crippen LogP contribution >= 0.6 is 0 Å². The summed E-state index contributed by atoms with van der Waals surface area (Å²) in [4.78, 5) is 0. The Labute approximate surface area is 102 Å². The molecular formula is C14H29O2. The third kappa shape index (κ3) is 12.0. The Morgan fingerprint density at radius 2 is 1.25 bits per heavy atom. The Hall–Kier alpha value is -0.0800. The predicted molar refractivity (Wildman–Crippen MR) is 69.5 cm³/mol. The highest BCUT2D eigenvalue weighted by Gasteiger charge is 2.02. The first-order valence-electron chi connectivity index (χ1n) is 6.79. The summed E-state index contributed by atoms with van der Waals surface area (Å²) in [6, 6.07) is 0. The van der Waals surface area contributed by atoms with E-state index in [-0.39, 0.29) is 0 Å². The van der Waals surface area contributed by atoms with E-state index < -0.39 is 0 Å². The fourth-order valence-corrected chi connectivity index (χ4v) is 1.34. The van der Waals surface area contributed by atoms with Crippen molar-refractivity contribution in [3.63, 3.8) is 0 Å². The molecule has 16 heavy (non-hydrogen) atoms. The van der Waals surface area contributed by atoms with Crippen LogP contribution in [0.5, 0.6) is 0 Å². The first-order chi connectivity index (χ1) is 7.81. The van der Waals surface area contributed by atoms with Crippen LogP contribution in [0.2, 0.25) is 0 Å². The number of unbranched alkanes of at least 4 members (excludes halogenated alkanes) is 2. The minimum Gasteiger partial charge on any atom is -0.381 e. The second-order valence-electron chi connectivity index (χ2n) is 4.38. The summed E-state index contributed by atoms with van der Waals surface area (Å²) in [5, 5.41) is 0. The van der Waals surface area contributed by atoms with E-state index in [1.807, 2.05) is 0 Å². The van der Waals surface area contributed by atoms with E-state index in [0.717, 1.165) is 39.3 Å². The number of rotatable bonds is 12. The van der Waals surface area contributed by atoms with Gasteiger partial charge in [-0.05, 0) is 31.6 Å². The molecule has 0 aliphatic heterocycles. The van der Waals surface area contributed by atoms with Crippen LogP contribution in [0.25, 0.3) is 0 Å². The lowest BCUT2D eigenvalue weighted by Crippen LogP contribution is -2.07. The standard InChI is InChI=1S/C14H29O2/c1-4-6-10-15-12-8-14(3)9-13-16-11-7-5-2/h14H,3-13H2,1-2H3. The van der Waals surface area contributed by atoms with Crippen molar-refractivity contribution in [2.45, 2.75) is 52.4 Å². The largest absolute Gasteiger partial charge is 0.381 e. The van der Waals surface area contributed by atoms with E-state index >= 15 is 0 Å². The fraction of sp³-hybridized carbons (Fsp3) is 0.929. The zero-order chi connectivity index (χ0) is 12.1. The predicted octanol–water partition coefficient (Wildman–Crippen LogP) is 3.85. The van der Waals surface area contributed by atoms with Gasteiger partial charge in [0.1, 0.15) is 0 Å². The minimum absolute atomic E-state index is 0.475. The normalized spacial score (nSPS) is 11.2. The molecule has 0 spiro atoms.